The highest BCUT2D eigenvalue weighted by Crippen LogP contribution is 2.11. The first-order valence-corrected chi connectivity index (χ1v) is 5.41. The summed E-state index contributed by atoms with van der Waals surface area (Å²) in [5.41, 5.74) is 3.11. The second-order valence-electron chi connectivity index (χ2n) is 3.58. The van der Waals surface area contributed by atoms with Crippen LogP contribution in [-0.4, -0.2) is 6.41 Å². The first-order chi connectivity index (χ1) is 7.77. The van der Waals surface area contributed by atoms with Gasteiger partial charge in [-0.2, -0.15) is 0 Å². The Balaban J connectivity index is 2.96. The van der Waals surface area contributed by atoms with Gasteiger partial charge in [-0.25, -0.2) is 0 Å². The van der Waals surface area contributed by atoms with Gasteiger partial charge in [0, 0.05) is 5.70 Å². The van der Waals surface area contributed by atoms with Crippen LogP contribution in [0.1, 0.15) is 25.8 Å². The zero-order chi connectivity index (χ0) is 11.8. The summed E-state index contributed by atoms with van der Waals surface area (Å²) in [6.07, 6.45) is 5.68. The van der Waals surface area contributed by atoms with E-state index in [1.165, 1.54) is 5.57 Å². The van der Waals surface area contributed by atoms with Gasteiger partial charge in [0.1, 0.15) is 0 Å². The minimum atomic E-state index is 0.702. The normalized spacial score (nSPS) is 12.4. The zero-order valence-corrected chi connectivity index (χ0v) is 9.73. The van der Waals surface area contributed by atoms with Crippen molar-refractivity contribution >= 4 is 12.1 Å². The Bertz CT molecular complexity index is 390. The van der Waals surface area contributed by atoms with Crippen LogP contribution in [0.5, 0.6) is 0 Å². The van der Waals surface area contributed by atoms with Crippen molar-refractivity contribution in [2.75, 3.05) is 0 Å². The van der Waals surface area contributed by atoms with E-state index in [9.17, 15) is 4.79 Å². The fourth-order valence-corrected chi connectivity index (χ4v) is 1.25. The van der Waals surface area contributed by atoms with Crippen molar-refractivity contribution in [2.45, 2.75) is 20.3 Å². The molecule has 1 N–H and O–H groups in total. The maximum atomic E-state index is 10.5. The van der Waals surface area contributed by atoms with Crippen molar-refractivity contribution in [3.63, 3.8) is 0 Å². The summed E-state index contributed by atoms with van der Waals surface area (Å²) < 4.78 is 0. The van der Waals surface area contributed by atoms with Gasteiger partial charge in [-0.15, -0.1) is 0 Å². The summed E-state index contributed by atoms with van der Waals surface area (Å²) in [5, 5.41) is 2.71. The number of rotatable bonds is 5. The molecule has 0 radical (unpaired) electrons. The van der Waals surface area contributed by atoms with Crippen LogP contribution in [-0.2, 0) is 4.79 Å². The zero-order valence-electron chi connectivity index (χ0n) is 9.73. The Kier molecular flexibility index (Phi) is 5.06. The van der Waals surface area contributed by atoms with Crippen molar-refractivity contribution in [3.8, 4) is 0 Å². The molecule has 0 unspecified atom stereocenters. The van der Waals surface area contributed by atoms with Crippen molar-refractivity contribution in [2.24, 2.45) is 0 Å². The largest absolute Gasteiger partial charge is 0.328 e. The van der Waals surface area contributed by atoms with Crippen LogP contribution in [0.4, 0.5) is 0 Å². The molecule has 0 saturated heterocycles. The smallest absolute Gasteiger partial charge is 0.211 e. The van der Waals surface area contributed by atoms with Gasteiger partial charge in [0.2, 0.25) is 6.41 Å². The number of amides is 1. The van der Waals surface area contributed by atoms with E-state index < -0.39 is 0 Å². The highest BCUT2D eigenvalue weighted by atomic mass is 16.1. The van der Waals surface area contributed by atoms with Gasteiger partial charge in [-0.05, 0) is 25.0 Å². The molecule has 1 rings (SSSR count). The Morgan fingerprint density at radius 1 is 1.25 bits per heavy atom. The first kappa shape index (κ1) is 12.2. The number of benzene rings is 1. The lowest BCUT2D eigenvalue weighted by atomic mass is 10.1. The number of hydrogen-bond donors (Lipinski definition) is 1. The van der Waals surface area contributed by atoms with E-state index in [1.807, 2.05) is 42.5 Å². The van der Waals surface area contributed by atoms with Crippen LogP contribution in [0.25, 0.3) is 5.70 Å². The van der Waals surface area contributed by atoms with Gasteiger partial charge in [-0.1, -0.05) is 48.9 Å². The Morgan fingerprint density at radius 2 is 1.94 bits per heavy atom. The van der Waals surface area contributed by atoms with Crippen LogP contribution in [0.2, 0.25) is 0 Å². The number of nitrogens with one attached hydrogen (secondary N) is 1. The second kappa shape index (κ2) is 6.62. The summed E-state index contributed by atoms with van der Waals surface area (Å²) in [6.45, 7) is 4.18. The summed E-state index contributed by atoms with van der Waals surface area (Å²) >= 11 is 0. The van der Waals surface area contributed by atoms with E-state index in [2.05, 4.69) is 19.2 Å². The molecule has 0 aromatic heterocycles. The summed E-state index contributed by atoms with van der Waals surface area (Å²) in [4.78, 5) is 10.5. The predicted molar refractivity (Wildman–Crippen MR) is 67.7 cm³/mol. The molecule has 0 saturated carbocycles. The van der Waals surface area contributed by atoms with Crippen LogP contribution in [0, 0.1) is 0 Å². The third-order valence-electron chi connectivity index (χ3n) is 2.39. The second-order valence-corrected chi connectivity index (χ2v) is 3.58. The minimum Gasteiger partial charge on any atom is -0.328 e. The fraction of sp³-hybridized carbons (Fsp3) is 0.214. The number of allylic oxidation sites excluding steroid dienone is 3. The van der Waals surface area contributed by atoms with Gasteiger partial charge < -0.3 is 5.32 Å². The Hall–Kier alpha value is -1.83. The van der Waals surface area contributed by atoms with Gasteiger partial charge in [0.15, 0.2) is 0 Å². The van der Waals surface area contributed by atoms with Crippen molar-refractivity contribution < 1.29 is 4.79 Å². The maximum absolute atomic E-state index is 10.5. The summed E-state index contributed by atoms with van der Waals surface area (Å²) in [6, 6.07) is 9.79. The van der Waals surface area contributed by atoms with Gasteiger partial charge >= 0.3 is 0 Å². The number of carbonyl (C=O) groups is 1. The standard InChI is InChI=1S/C14H17NO/c1-3-12(2)9-10-14(15-11-16)13-7-5-4-6-8-13/h4-11H,3H2,1-2H3,(H,15,16)/b12-9+,14-10-. The molecule has 2 heteroatoms. The molecule has 0 spiro atoms. The molecule has 0 atom stereocenters. The fourth-order valence-electron chi connectivity index (χ4n) is 1.25. The lowest BCUT2D eigenvalue weighted by Gasteiger charge is -2.04. The SMILES string of the molecule is CC/C(C)=C/C=C(\NC=O)c1ccccc1. The molecule has 16 heavy (non-hydrogen) atoms. The van der Waals surface area contributed by atoms with Crippen LogP contribution in [0.3, 0.4) is 0 Å². The van der Waals surface area contributed by atoms with E-state index in [0.29, 0.717) is 6.41 Å². The first-order valence-electron chi connectivity index (χ1n) is 5.41. The lowest BCUT2D eigenvalue weighted by molar-refractivity contribution is -0.108. The number of carbonyl (C=O) groups excluding carboxylic acids is 1. The lowest BCUT2D eigenvalue weighted by Crippen LogP contribution is -2.08. The molecule has 0 aliphatic carbocycles. The third-order valence-corrected chi connectivity index (χ3v) is 2.39. The van der Waals surface area contributed by atoms with E-state index in [-0.39, 0.29) is 0 Å². The molecular formula is C14H17NO. The van der Waals surface area contributed by atoms with Gasteiger partial charge in [0.05, 0.1) is 0 Å². The van der Waals surface area contributed by atoms with E-state index in [4.69, 9.17) is 0 Å². The van der Waals surface area contributed by atoms with Crippen molar-refractivity contribution in [3.05, 3.63) is 53.6 Å². The topological polar surface area (TPSA) is 29.1 Å². The average Bonchev–Trinajstić information content (AvgIpc) is 2.35. The predicted octanol–water partition coefficient (Wildman–Crippen LogP) is 3.13. The third kappa shape index (κ3) is 3.73. The summed E-state index contributed by atoms with van der Waals surface area (Å²) in [7, 11) is 0. The maximum Gasteiger partial charge on any atom is 0.211 e. The molecule has 1 amide bonds. The van der Waals surface area contributed by atoms with Crippen LogP contribution in [0.15, 0.2) is 48.1 Å². The monoisotopic (exact) mass is 215 g/mol. The van der Waals surface area contributed by atoms with E-state index >= 15 is 0 Å². The highest BCUT2D eigenvalue weighted by molar-refractivity contribution is 5.74. The van der Waals surface area contributed by atoms with Gasteiger partial charge in [0.25, 0.3) is 0 Å². The molecule has 1 aromatic rings. The molecule has 0 bridgehead atoms. The molecule has 1 aromatic carbocycles. The molecular weight excluding hydrogens is 198 g/mol. The van der Waals surface area contributed by atoms with Crippen molar-refractivity contribution in [1.29, 1.82) is 0 Å². The number of hydrogen-bond acceptors (Lipinski definition) is 1. The molecule has 0 fully saturated rings. The van der Waals surface area contributed by atoms with E-state index in [1.54, 1.807) is 0 Å². The minimum absolute atomic E-state index is 0.702. The summed E-state index contributed by atoms with van der Waals surface area (Å²) in [5.74, 6) is 0. The highest BCUT2D eigenvalue weighted by Gasteiger charge is 1.97. The van der Waals surface area contributed by atoms with Crippen LogP contribution < -0.4 is 5.32 Å². The Labute approximate surface area is 96.7 Å². The van der Waals surface area contributed by atoms with Crippen LogP contribution >= 0.6 is 0 Å². The quantitative estimate of drug-likeness (QED) is 0.593. The average molecular weight is 215 g/mol. The van der Waals surface area contributed by atoms with Gasteiger partial charge in [-0.3, -0.25) is 4.79 Å². The molecule has 0 heterocycles. The Morgan fingerprint density at radius 3 is 2.50 bits per heavy atom. The molecule has 84 valence electrons. The molecule has 0 aliphatic rings. The van der Waals surface area contributed by atoms with Crippen molar-refractivity contribution in [1.82, 2.24) is 5.32 Å². The molecule has 0 aliphatic heterocycles. The van der Waals surface area contributed by atoms with E-state index in [0.717, 1.165) is 17.7 Å². The molecule has 2 nitrogen and oxygen atoms in total.